The van der Waals surface area contributed by atoms with Crippen molar-refractivity contribution >= 4 is 23.2 Å². The van der Waals surface area contributed by atoms with E-state index < -0.39 is 6.04 Å². The van der Waals surface area contributed by atoms with Crippen LogP contribution < -0.4 is 5.32 Å². The van der Waals surface area contributed by atoms with Gasteiger partial charge in [-0.15, -0.1) is 11.3 Å². The van der Waals surface area contributed by atoms with Gasteiger partial charge in [0.2, 0.25) is 0 Å². The molecule has 112 valence electrons. The number of urea groups is 1. The fraction of sp³-hybridized carbons (Fsp3) is 0.643. The molecule has 0 aliphatic heterocycles. The molecule has 0 aliphatic rings. The summed E-state index contributed by atoms with van der Waals surface area (Å²) >= 11 is 1.61. The fourth-order valence-electron chi connectivity index (χ4n) is 1.73. The van der Waals surface area contributed by atoms with Crippen molar-refractivity contribution < 1.29 is 9.59 Å². The molecule has 0 fully saturated rings. The first-order valence-electron chi connectivity index (χ1n) is 6.81. The van der Waals surface area contributed by atoms with Crippen molar-refractivity contribution in [2.24, 2.45) is 0 Å². The Morgan fingerprint density at radius 1 is 1.45 bits per heavy atom. The summed E-state index contributed by atoms with van der Waals surface area (Å²) in [5.41, 5.74) is 0.882. The van der Waals surface area contributed by atoms with E-state index in [1.165, 1.54) is 6.92 Å². The van der Waals surface area contributed by atoms with Crippen LogP contribution in [0.3, 0.4) is 0 Å². The number of carbonyl (C=O) groups excluding carboxylic acids is 2. The van der Waals surface area contributed by atoms with Gasteiger partial charge in [-0.2, -0.15) is 0 Å². The SMILES string of the molecule is CCC(NC(=O)N(C)Cc1csc(C(C)C)n1)C(C)=O. The monoisotopic (exact) mass is 297 g/mol. The molecule has 1 rings (SSSR count). The highest BCUT2D eigenvalue weighted by Crippen LogP contribution is 2.19. The lowest BCUT2D eigenvalue weighted by Crippen LogP contribution is -2.45. The molecule has 0 spiro atoms. The number of aromatic nitrogens is 1. The van der Waals surface area contributed by atoms with Gasteiger partial charge in [-0.3, -0.25) is 4.79 Å². The molecule has 0 saturated heterocycles. The van der Waals surface area contributed by atoms with Crippen LogP contribution in [0.15, 0.2) is 5.38 Å². The van der Waals surface area contributed by atoms with E-state index in [4.69, 9.17) is 0 Å². The lowest BCUT2D eigenvalue weighted by molar-refractivity contribution is -0.118. The third-order valence-electron chi connectivity index (χ3n) is 3.01. The second-order valence-electron chi connectivity index (χ2n) is 5.21. The maximum atomic E-state index is 12.0. The standard InChI is InChI=1S/C14H23N3O2S/c1-6-12(10(4)18)16-14(19)17(5)7-11-8-20-13(15-11)9(2)3/h8-9,12H,6-7H2,1-5H3,(H,16,19). The van der Waals surface area contributed by atoms with Crippen LogP contribution in [0.5, 0.6) is 0 Å². The van der Waals surface area contributed by atoms with Crippen molar-refractivity contribution in [3.8, 4) is 0 Å². The van der Waals surface area contributed by atoms with E-state index in [-0.39, 0.29) is 11.8 Å². The molecule has 1 atom stereocenters. The molecule has 1 aromatic rings. The number of rotatable bonds is 6. The minimum Gasteiger partial charge on any atom is -0.328 e. The van der Waals surface area contributed by atoms with Gasteiger partial charge in [0.25, 0.3) is 0 Å². The van der Waals surface area contributed by atoms with E-state index in [9.17, 15) is 9.59 Å². The third kappa shape index (κ3) is 4.59. The molecular formula is C14H23N3O2S. The van der Waals surface area contributed by atoms with Gasteiger partial charge in [0.1, 0.15) is 0 Å². The number of nitrogens with one attached hydrogen (secondary N) is 1. The maximum absolute atomic E-state index is 12.0. The number of nitrogens with zero attached hydrogens (tertiary/aromatic N) is 2. The van der Waals surface area contributed by atoms with Gasteiger partial charge >= 0.3 is 6.03 Å². The van der Waals surface area contributed by atoms with Crippen molar-refractivity contribution in [1.29, 1.82) is 0 Å². The van der Waals surface area contributed by atoms with Gasteiger partial charge in [0, 0.05) is 18.3 Å². The molecule has 1 N–H and O–H groups in total. The minimum absolute atomic E-state index is 0.0231. The zero-order valence-corrected chi connectivity index (χ0v) is 13.6. The molecule has 0 saturated carbocycles. The molecule has 0 bridgehead atoms. The van der Waals surface area contributed by atoms with Gasteiger partial charge in [-0.25, -0.2) is 9.78 Å². The van der Waals surface area contributed by atoms with E-state index in [2.05, 4.69) is 24.1 Å². The number of hydrogen-bond donors (Lipinski definition) is 1. The van der Waals surface area contributed by atoms with Crippen molar-refractivity contribution in [1.82, 2.24) is 15.2 Å². The van der Waals surface area contributed by atoms with Crippen LogP contribution in [0, 0.1) is 0 Å². The Labute approximate surface area is 124 Å². The number of amides is 2. The van der Waals surface area contributed by atoms with Crippen molar-refractivity contribution in [2.45, 2.75) is 52.6 Å². The molecule has 1 heterocycles. The highest BCUT2D eigenvalue weighted by molar-refractivity contribution is 7.09. The van der Waals surface area contributed by atoms with E-state index in [1.54, 1.807) is 23.3 Å². The lowest BCUT2D eigenvalue weighted by atomic mass is 10.1. The van der Waals surface area contributed by atoms with E-state index in [0.717, 1.165) is 10.7 Å². The van der Waals surface area contributed by atoms with E-state index in [1.807, 2.05) is 12.3 Å². The first-order chi connectivity index (χ1) is 9.35. The molecular weight excluding hydrogens is 274 g/mol. The van der Waals surface area contributed by atoms with Crippen molar-refractivity contribution in [3.05, 3.63) is 16.1 Å². The van der Waals surface area contributed by atoms with Gasteiger partial charge in [0.05, 0.1) is 23.3 Å². The second kappa shape index (κ2) is 7.38. The summed E-state index contributed by atoms with van der Waals surface area (Å²) in [7, 11) is 1.70. The summed E-state index contributed by atoms with van der Waals surface area (Å²) in [6.45, 7) is 8.00. The minimum atomic E-state index is -0.411. The van der Waals surface area contributed by atoms with Crippen LogP contribution >= 0.6 is 11.3 Å². The number of thiazole rings is 1. The van der Waals surface area contributed by atoms with Crippen LogP contribution in [0.2, 0.25) is 0 Å². The largest absolute Gasteiger partial charge is 0.328 e. The van der Waals surface area contributed by atoms with Crippen LogP contribution in [0.25, 0.3) is 0 Å². The summed E-state index contributed by atoms with van der Waals surface area (Å²) in [4.78, 5) is 29.4. The molecule has 0 radical (unpaired) electrons. The van der Waals surface area contributed by atoms with Crippen LogP contribution in [-0.2, 0) is 11.3 Å². The number of ketones is 1. The van der Waals surface area contributed by atoms with Gasteiger partial charge in [0.15, 0.2) is 5.78 Å². The Bertz CT molecular complexity index is 471. The Balaban J connectivity index is 2.58. The topological polar surface area (TPSA) is 62.3 Å². The predicted molar refractivity (Wildman–Crippen MR) is 81.0 cm³/mol. The summed E-state index contributed by atoms with van der Waals surface area (Å²) in [5, 5.41) is 5.78. The zero-order chi connectivity index (χ0) is 15.3. The average Bonchev–Trinajstić information content (AvgIpc) is 2.83. The van der Waals surface area contributed by atoms with Crippen molar-refractivity contribution in [2.75, 3.05) is 7.05 Å². The molecule has 2 amide bonds. The summed E-state index contributed by atoms with van der Waals surface area (Å²) in [5.74, 6) is 0.375. The Hall–Kier alpha value is -1.43. The normalized spacial score (nSPS) is 12.3. The molecule has 1 unspecified atom stereocenters. The smallest absolute Gasteiger partial charge is 0.318 e. The molecule has 0 aromatic carbocycles. The second-order valence-corrected chi connectivity index (χ2v) is 6.10. The number of hydrogen-bond acceptors (Lipinski definition) is 4. The maximum Gasteiger partial charge on any atom is 0.318 e. The molecule has 6 heteroatoms. The molecule has 5 nitrogen and oxygen atoms in total. The Morgan fingerprint density at radius 2 is 2.10 bits per heavy atom. The number of carbonyl (C=O) groups is 2. The predicted octanol–water partition coefficient (Wildman–Crippen LogP) is 2.78. The van der Waals surface area contributed by atoms with Crippen LogP contribution in [-0.4, -0.2) is 34.8 Å². The molecule has 20 heavy (non-hydrogen) atoms. The molecule has 1 aromatic heterocycles. The first-order valence-corrected chi connectivity index (χ1v) is 7.69. The van der Waals surface area contributed by atoms with Gasteiger partial charge < -0.3 is 10.2 Å². The van der Waals surface area contributed by atoms with E-state index in [0.29, 0.717) is 18.9 Å². The summed E-state index contributed by atoms with van der Waals surface area (Å²) < 4.78 is 0. The lowest BCUT2D eigenvalue weighted by Gasteiger charge is -2.20. The van der Waals surface area contributed by atoms with Gasteiger partial charge in [-0.05, 0) is 13.3 Å². The third-order valence-corrected chi connectivity index (χ3v) is 4.20. The highest BCUT2D eigenvalue weighted by Gasteiger charge is 2.18. The number of Topliss-reactive ketones (excluding diaryl/α,β-unsaturated/α-hetero) is 1. The van der Waals surface area contributed by atoms with Gasteiger partial charge in [-0.1, -0.05) is 20.8 Å². The zero-order valence-electron chi connectivity index (χ0n) is 12.8. The Kier molecular flexibility index (Phi) is 6.13. The Morgan fingerprint density at radius 3 is 2.55 bits per heavy atom. The summed E-state index contributed by atoms with van der Waals surface area (Å²) in [6.07, 6.45) is 0.600. The van der Waals surface area contributed by atoms with E-state index >= 15 is 0 Å². The first kappa shape index (κ1) is 16.6. The average molecular weight is 297 g/mol. The van der Waals surface area contributed by atoms with Crippen LogP contribution in [0.4, 0.5) is 4.79 Å². The summed E-state index contributed by atoms with van der Waals surface area (Å²) in [6, 6.07) is -0.655. The highest BCUT2D eigenvalue weighted by atomic mass is 32.1. The van der Waals surface area contributed by atoms with Crippen molar-refractivity contribution in [3.63, 3.8) is 0 Å². The molecule has 0 aliphatic carbocycles. The van der Waals surface area contributed by atoms with Crippen LogP contribution in [0.1, 0.15) is 50.7 Å². The fourth-order valence-corrected chi connectivity index (χ4v) is 2.55. The quantitative estimate of drug-likeness (QED) is 0.878.